The molecule has 1 atom stereocenters. The quantitative estimate of drug-likeness (QED) is 0.803. The Bertz CT molecular complexity index is 778. The Balaban J connectivity index is 2.22. The zero-order valence-corrected chi connectivity index (χ0v) is 11.3. The summed E-state index contributed by atoms with van der Waals surface area (Å²) in [6.45, 7) is 1.72. The fourth-order valence-electron chi connectivity index (χ4n) is 2.75. The third-order valence-electron chi connectivity index (χ3n) is 3.64. The lowest BCUT2D eigenvalue weighted by Gasteiger charge is -2.24. The second-order valence-electron chi connectivity index (χ2n) is 4.97. The number of imide groups is 1. The summed E-state index contributed by atoms with van der Waals surface area (Å²) in [6.07, 6.45) is 0.565. The Morgan fingerprint density at radius 1 is 1.43 bits per heavy atom. The van der Waals surface area contributed by atoms with Crippen molar-refractivity contribution in [2.75, 3.05) is 0 Å². The number of carbonyl (C=O) groups is 3. The molecule has 2 aromatic rings. The van der Waals surface area contributed by atoms with Crippen molar-refractivity contribution >= 4 is 28.8 Å². The second-order valence-corrected chi connectivity index (χ2v) is 4.97. The summed E-state index contributed by atoms with van der Waals surface area (Å²) in [5.41, 5.74) is 1.03. The molecular weight excluding hydrogens is 274 g/mol. The highest BCUT2D eigenvalue weighted by Crippen LogP contribution is 2.28. The van der Waals surface area contributed by atoms with Gasteiger partial charge in [-0.25, -0.2) is 9.78 Å². The molecular formula is C14H13N3O4. The molecule has 1 aromatic carbocycles. The first-order valence-electron chi connectivity index (χ1n) is 6.53. The smallest absolute Gasteiger partial charge is 0.337 e. The zero-order chi connectivity index (χ0) is 15.1. The molecule has 21 heavy (non-hydrogen) atoms. The minimum atomic E-state index is -1.07. The summed E-state index contributed by atoms with van der Waals surface area (Å²) >= 11 is 0. The van der Waals surface area contributed by atoms with Crippen LogP contribution in [-0.2, 0) is 9.59 Å². The highest BCUT2D eigenvalue weighted by Gasteiger charge is 2.31. The molecule has 1 aromatic heterocycles. The van der Waals surface area contributed by atoms with E-state index in [1.807, 2.05) is 0 Å². The molecule has 0 bridgehead atoms. The van der Waals surface area contributed by atoms with Crippen LogP contribution in [0.3, 0.4) is 0 Å². The summed E-state index contributed by atoms with van der Waals surface area (Å²) < 4.78 is 1.61. The molecule has 3 rings (SSSR count). The summed E-state index contributed by atoms with van der Waals surface area (Å²) in [5, 5.41) is 11.6. The molecule has 2 heterocycles. The molecule has 1 unspecified atom stereocenters. The molecule has 2 N–H and O–H groups in total. The van der Waals surface area contributed by atoms with Crippen LogP contribution >= 0.6 is 0 Å². The summed E-state index contributed by atoms with van der Waals surface area (Å²) in [7, 11) is 0. The van der Waals surface area contributed by atoms with Crippen LogP contribution in [0.4, 0.5) is 0 Å². The third kappa shape index (κ3) is 2.06. The molecule has 1 saturated heterocycles. The van der Waals surface area contributed by atoms with Crippen molar-refractivity contribution in [2.24, 2.45) is 0 Å². The molecule has 0 radical (unpaired) electrons. The molecule has 0 saturated carbocycles. The fourth-order valence-corrected chi connectivity index (χ4v) is 2.75. The molecule has 1 aliphatic heterocycles. The number of carbonyl (C=O) groups excluding carboxylic acids is 2. The third-order valence-corrected chi connectivity index (χ3v) is 3.64. The Kier molecular flexibility index (Phi) is 2.97. The van der Waals surface area contributed by atoms with Gasteiger partial charge in [0.25, 0.3) is 0 Å². The van der Waals surface area contributed by atoms with Crippen molar-refractivity contribution in [2.45, 2.75) is 25.8 Å². The van der Waals surface area contributed by atoms with Crippen molar-refractivity contribution in [3.8, 4) is 0 Å². The van der Waals surface area contributed by atoms with Gasteiger partial charge in [0.15, 0.2) is 0 Å². The number of amides is 2. The van der Waals surface area contributed by atoms with E-state index in [1.165, 1.54) is 6.07 Å². The van der Waals surface area contributed by atoms with Crippen LogP contribution in [0.2, 0.25) is 0 Å². The Morgan fingerprint density at radius 3 is 2.86 bits per heavy atom. The van der Waals surface area contributed by atoms with Crippen molar-refractivity contribution in [3.63, 3.8) is 0 Å². The van der Waals surface area contributed by atoms with E-state index >= 15 is 0 Å². The highest BCUT2D eigenvalue weighted by molar-refractivity contribution is 6.03. The van der Waals surface area contributed by atoms with Gasteiger partial charge in [-0.2, -0.15) is 0 Å². The minimum Gasteiger partial charge on any atom is -0.478 e. The first kappa shape index (κ1) is 13.3. The van der Waals surface area contributed by atoms with Gasteiger partial charge in [0, 0.05) is 6.42 Å². The van der Waals surface area contributed by atoms with Crippen LogP contribution < -0.4 is 5.32 Å². The first-order chi connectivity index (χ1) is 9.99. The van der Waals surface area contributed by atoms with E-state index in [2.05, 4.69) is 10.3 Å². The summed E-state index contributed by atoms with van der Waals surface area (Å²) in [5.74, 6) is -1.26. The van der Waals surface area contributed by atoms with Crippen LogP contribution in [0.1, 0.15) is 35.1 Å². The van der Waals surface area contributed by atoms with Gasteiger partial charge in [-0.1, -0.05) is 6.07 Å². The standard InChI is InChI=1S/C14H13N3O4/c1-7-15-9-4-2-3-8(14(20)21)12(9)17(7)10-5-6-11(18)16-13(10)19/h2-4,10H,5-6H2,1H3,(H,20,21)(H,16,18,19). The number of hydrogen-bond acceptors (Lipinski definition) is 4. The lowest BCUT2D eigenvalue weighted by molar-refractivity contribution is -0.135. The number of para-hydroxylation sites is 1. The normalized spacial score (nSPS) is 18.8. The van der Waals surface area contributed by atoms with E-state index in [9.17, 15) is 19.5 Å². The van der Waals surface area contributed by atoms with E-state index in [-0.39, 0.29) is 17.9 Å². The maximum atomic E-state index is 12.1. The first-order valence-corrected chi connectivity index (χ1v) is 6.53. The predicted molar refractivity (Wildman–Crippen MR) is 72.9 cm³/mol. The van der Waals surface area contributed by atoms with Crippen LogP contribution in [0, 0.1) is 6.92 Å². The summed E-state index contributed by atoms with van der Waals surface area (Å²) in [4.78, 5) is 39.0. The lowest BCUT2D eigenvalue weighted by atomic mass is 10.0. The molecule has 2 amide bonds. The Labute approximate surface area is 119 Å². The molecule has 7 nitrogen and oxygen atoms in total. The lowest BCUT2D eigenvalue weighted by Crippen LogP contribution is -2.42. The largest absolute Gasteiger partial charge is 0.478 e. The number of imidazole rings is 1. The number of fused-ring (bicyclic) bond motifs is 1. The van der Waals surface area contributed by atoms with Gasteiger partial charge in [0.2, 0.25) is 11.8 Å². The van der Waals surface area contributed by atoms with E-state index in [4.69, 9.17) is 0 Å². The maximum Gasteiger partial charge on any atom is 0.337 e. The number of nitrogens with zero attached hydrogens (tertiary/aromatic N) is 2. The second kappa shape index (κ2) is 4.69. The monoisotopic (exact) mass is 287 g/mol. The van der Waals surface area contributed by atoms with Gasteiger partial charge in [0.05, 0.1) is 16.6 Å². The Morgan fingerprint density at radius 2 is 2.19 bits per heavy atom. The van der Waals surface area contributed by atoms with Gasteiger partial charge in [-0.05, 0) is 25.5 Å². The van der Waals surface area contributed by atoms with Crippen LogP contribution in [0.15, 0.2) is 18.2 Å². The van der Waals surface area contributed by atoms with Gasteiger partial charge in [0.1, 0.15) is 11.9 Å². The molecule has 1 aliphatic rings. The number of rotatable bonds is 2. The molecule has 108 valence electrons. The van der Waals surface area contributed by atoms with Gasteiger partial charge in [-0.15, -0.1) is 0 Å². The average Bonchev–Trinajstić information content (AvgIpc) is 2.74. The number of aromatic nitrogens is 2. The number of carboxylic acid groups (broad SMARTS) is 1. The molecule has 7 heteroatoms. The van der Waals surface area contributed by atoms with Crippen molar-refractivity contribution < 1.29 is 19.5 Å². The van der Waals surface area contributed by atoms with E-state index in [0.29, 0.717) is 23.3 Å². The van der Waals surface area contributed by atoms with E-state index < -0.39 is 17.9 Å². The van der Waals surface area contributed by atoms with Gasteiger partial charge >= 0.3 is 5.97 Å². The van der Waals surface area contributed by atoms with Crippen LogP contribution in [0.25, 0.3) is 11.0 Å². The van der Waals surface area contributed by atoms with E-state index in [0.717, 1.165) is 0 Å². The predicted octanol–water partition coefficient (Wildman–Crippen LogP) is 1.02. The topological polar surface area (TPSA) is 101 Å². The number of aryl methyl sites for hydroxylation is 1. The number of piperidine rings is 1. The average molecular weight is 287 g/mol. The van der Waals surface area contributed by atoms with Crippen LogP contribution in [0.5, 0.6) is 0 Å². The highest BCUT2D eigenvalue weighted by atomic mass is 16.4. The van der Waals surface area contributed by atoms with Crippen molar-refractivity contribution in [1.82, 2.24) is 14.9 Å². The maximum absolute atomic E-state index is 12.1. The zero-order valence-electron chi connectivity index (χ0n) is 11.3. The number of benzene rings is 1. The Hall–Kier alpha value is -2.70. The summed E-state index contributed by atoms with van der Waals surface area (Å²) in [6, 6.07) is 4.19. The minimum absolute atomic E-state index is 0.0952. The van der Waals surface area contributed by atoms with E-state index in [1.54, 1.807) is 23.6 Å². The number of carboxylic acids is 1. The molecule has 1 fully saturated rings. The van der Waals surface area contributed by atoms with Crippen molar-refractivity contribution in [1.29, 1.82) is 0 Å². The fraction of sp³-hybridized carbons (Fsp3) is 0.286. The van der Waals surface area contributed by atoms with Gasteiger partial charge < -0.3 is 9.67 Å². The SMILES string of the molecule is Cc1nc2cccc(C(=O)O)c2n1C1CCC(=O)NC1=O. The van der Waals surface area contributed by atoms with Crippen LogP contribution in [-0.4, -0.2) is 32.4 Å². The number of aromatic carboxylic acids is 1. The molecule has 0 aliphatic carbocycles. The van der Waals surface area contributed by atoms with Gasteiger partial charge in [-0.3, -0.25) is 14.9 Å². The number of nitrogens with one attached hydrogen (secondary N) is 1. The number of hydrogen-bond donors (Lipinski definition) is 2. The molecule has 0 spiro atoms. The van der Waals surface area contributed by atoms with Crippen molar-refractivity contribution in [3.05, 3.63) is 29.6 Å².